The normalized spacial score (nSPS) is 16.1. The number of nitrogens with one attached hydrogen (secondary N) is 1. The maximum Gasteiger partial charge on any atom is 0.337 e. The van der Waals surface area contributed by atoms with E-state index in [4.69, 9.17) is 5.11 Å². The van der Waals surface area contributed by atoms with Gasteiger partial charge in [-0.05, 0) is 31.0 Å². The Bertz CT molecular complexity index is 628. The van der Waals surface area contributed by atoms with Crippen LogP contribution in [0.1, 0.15) is 23.2 Å². The van der Waals surface area contributed by atoms with E-state index in [0.717, 1.165) is 18.2 Å². The molecule has 0 heterocycles. The number of hydrogen-bond acceptors (Lipinski definition) is 4. The van der Waals surface area contributed by atoms with Crippen molar-refractivity contribution in [3.05, 3.63) is 29.6 Å². The van der Waals surface area contributed by atoms with Crippen LogP contribution in [-0.4, -0.2) is 30.1 Å². The number of carboxylic acid groups (broad SMARTS) is 1. The summed E-state index contributed by atoms with van der Waals surface area (Å²) >= 11 is 0. The van der Waals surface area contributed by atoms with Crippen LogP contribution in [-0.2, 0) is 15.5 Å². The number of hydrogen-bond donors (Lipinski definition) is 3. The van der Waals surface area contributed by atoms with Crippen molar-refractivity contribution < 1.29 is 27.5 Å². The molecule has 1 saturated carbocycles. The molecule has 2 rings (SSSR count). The number of carbonyl (C=O) groups is 2. The monoisotopic (exact) mass is 287 g/mol. The van der Waals surface area contributed by atoms with Gasteiger partial charge in [-0.3, -0.25) is 4.79 Å². The van der Waals surface area contributed by atoms with Gasteiger partial charge in [-0.2, -0.15) is 0 Å². The van der Waals surface area contributed by atoms with Crippen molar-refractivity contribution in [1.29, 1.82) is 0 Å². The first-order valence-corrected chi connectivity index (χ1v) is 6.53. The summed E-state index contributed by atoms with van der Waals surface area (Å²) in [4.78, 5) is 22.7. The fraction of sp³-hybridized carbons (Fsp3) is 0.273. The Kier molecular flexibility index (Phi) is 3.27. The summed E-state index contributed by atoms with van der Waals surface area (Å²) in [6.45, 7) is 0. The van der Waals surface area contributed by atoms with Crippen LogP contribution >= 0.6 is 0 Å². The molecule has 1 fully saturated rings. The van der Waals surface area contributed by atoms with Gasteiger partial charge in [0.05, 0.1) is 11.3 Å². The Labute approximate surface area is 109 Å². The zero-order chi connectivity index (χ0) is 14.2. The molecule has 0 saturated heterocycles. The van der Waals surface area contributed by atoms with Gasteiger partial charge in [0.25, 0.3) is 0 Å². The summed E-state index contributed by atoms with van der Waals surface area (Å²) in [6.07, 6.45) is 0.419. The Morgan fingerprint density at radius 1 is 1.32 bits per heavy atom. The molecular weight excluding hydrogens is 277 g/mol. The highest BCUT2D eigenvalue weighted by atomic mass is 32.2. The standard InChI is InChI=1S/C11H10FNO5S/c12-6-1-2-8(7(5-6)9(14)15)13-10(16)11(3-4-11)19(17)18/h1-2,5,19H,3-4H2,(H,13,16)(H,14,15). The van der Waals surface area contributed by atoms with E-state index < -0.39 is 38.7 Å². The van der Waals surface area contributed by atoms with Crippen molar-refractivity contribution >= 4 is 28.3 Å². The lowest BCUT2D eigenvalue weighted by Crippen LogP contribution is -2.31. The summed E-state index contributed by atoms with van der Waals surface area (Å²) in [5, 5.41) is 11.1. The van der Waals surface area contributed by atoms with Crippen molar-refractivity contribution in [2.45, 2.75) is 17.6 Å². The van der Waals surface area contributed by atoms with Crippen LogP contribution in [0.3, 0.4) is 0 Å². The number of anilines is 1. The Morgan fingerprint density at radius 2 is 1.95 bits per heavy atom. The van der Waals surface area contributed by atoms with Crippen LogP contribution in [0, 0.1) is 5.82 Å². The number of carboxylic acids is 1. The number of rotatable bonds is 4. The molecule has 0 unspecified atom stereocenters. The van der Waals surface area contributed by atoms with Gasteiger partial charge in [-0.15, -0.1) is 0 Å². The number of carbonyl (C=O) groups excluding carboxylic acids is 1. The maximum absolute atomic E-state index is 12.9. The maximum atomic E-state index is 12.9. The van der Waals surface area contributed by atoms with Crippen molar-refractivity contribution in [2.75, 3.05) is 5.32 Å². The number of aromatic carboxylic acids is 1. The molecule has 0 radical (unpaired) electrons. The summed E-state index contributed by atoms with van der Waals surface area (Å²) in [7, 11) is -2.93. The predicted molar refractivity (Wildman–Crippen MR) is 64.3 cm³/mol. The number of thiol groups is 1. The first-order valence-electron chi connectivity index (χ1n) is 5.35. The summed E-state index contributed by atoms with van der Waals surface area (Å²) in [6, 6.07) is 2.83. The van der Waals surface area contributed by atoms with Gasteiger partial charge in [0.2, 0.25) is 5.91 Å². The van der Waals surface area contributed by atoms with E-state index in [-0.39, 0.29) is 18.5 Å². The first-order chi connectivity index (χ1) is 8.86. The minimum Gasteiger partial charge on any atom is -0.478 e. The zero-order valence-electron chi connectivity index (χ0n) is 9.55. The molecule has 8 heteroatoms. The number of benzene rings is 1. The minimum atomic E-state index is -2.93. The van der Waals surface area contributed by atoms with Gasteiger partial charge in [0, 0.05) is 0 Å². The van der Waals surface area contributed by atoms with Crippen molar-refractivity contribution in [2.24, 2.45) is 0 Å². The topological polar surface area (TPSA) is 101 Å². The SMILES string of the molecule is O=C(O)c1cc(F)ccc1NC(=O)C1([SH](=O)=O)CC1. The first kappa shape index (κ1) is 13.5. The predicted octanol–water partition coefficient (Wildman–Crippen LogP) is 0.606. The lowest BCUT2D eigenvalue weighted by atomic mass is 10.1. The largest absolute Gasteiger partial charge is 0.478 e. The van der Waals surface area contributed by atoms with E-state index >= 15 is 0 Å². The van der Waals surface area contributed by atoms with E-state index in [2.05, 4.69) is 5.32 Å². The Hall–Kier alpha value is -1.96. The molecule has 1 aliphatic carbocycles. The van der Waals surface area contributed by atoms with Crippen LogP contribution in [0.15, 0.2) is 18.2 Å². The molecule has 102 valence electrons. The van der Waals surface area contributed by atoms with Gasteiger partial charge in [0.1, 0.15) is 10.6 Å². The smallest absolute Gasteiger partial charge is 0.337 e. The highest BCUT2D eigenvalue weighted by Gasteiger charge is 2.54. The number of halogens is 1. The second kappa shape index (κ2) is 4.61. The lowest BCUT2D eigenvalue weighted by molar-refractivity contribution is -0.116. The molecule has 6 nitrogen and oxygen atoms in total. The lowest BCUT2D eigenvalue weighted by Gasteiger charge is -2.11. The highest BCUT2D eigenvalue weighted by molar-refractivity contribution is 7.75. The minimum absolute atomic E-state index is 0.123. The molecular formula is C11H10FNO5S. The molecule has 2 N–H and O–H groups in total. The molecule has 0 atom stereocenters. The number of amides is 1. The van der Waals surface area contributed by atoms with Gasteiger partial charge in [-0.1, -0.05) is 0 Å². The molecule has 0 spiro atoms. The molecule has 0 aromatic heterocycles. The molecule has 1 aliphatic rings. The summed E-state index contributed by atoms with van der Waals surface area (Å²) < 4.78 is 33.5. The average molecular weight is 287 g/mol. The summed E-state index contributed by atoms with van der Waals surface area (Å²) in [5.41, 5.74) is -0.549. The molecule has 19 heavy (non-hydrogen) atoms. The van der Waals surface area contributed by atoms with Crippen LogP contribution in [0.25, 0.3) is 0 Å². The van der Waals surface area contributed by atoms with Crippen molar-refractivity contribution in [3.63, 3.8) is 0 Å². The fourth-order valence-corrected chi connectivity index (χ4v) is 2.35. The zero-order valence-corrected chi connectivity index (χ0v) is 10.4. The second-order valence-corrected chi connectivity index (χ2v) is 5.61. The molecule has 0 bridgehead atoms. The second-order valence-electron chi connectivity index (χ2n) is 4.24. The van der Waals surface area contributed by atoms with Crippen LogP contribution < -0.4 is 5.32 Å². The molecule has 1 aromatic carbocycles. The third-order valence-electron chi connectivity index (χ3n) is 2.96. The van der Waals surface area contributed by atoms with E-state index in [0.29, 0.717) is 0 Å². The molecule has 1 aromatic rings. The summed E-state index contributed by atoms with van der Waals surface area (Å²) in [5.74, 6) is -2.95. The van der Waals surface area contributed by atoms with Crippen molar-refractivity contribution in [1.82, 2.24) is 0 Å². The van der Waals surface area contributed by atoms with E-state index in [1.165, 1.54) is 0 Å². The quantitative estimate of drug-likeness (QED) is 0.704. The Balaban J connectivity index is 2.30. The van der Waals surface area contributed by atoms with Gasteiger partial charge < -0.3 is 10.4 Å². The molecule has 1 amide bonds. The Morgan fingerprint density at radius 3 is 2.42 bits per heavy atom. The van der Waals surface area contributed by atoms with E-state index in [1.807, 2.05) is 0 Å². The van der Waals surface area contributed by atoms with Crippen LogP contribution in [0.4, 0.5) is 10.1 Å². The van der Waals surface area contributed by atoms with Gasteiger partial charge in [0.15, 0.2) is 10.7 Å². The van der Waals surface area contributed by atoms with Crippen LogP contribution in [0.5, 0.6) is 0 Å². The van der Waals surface area contributed by atoms with Gasteiger partial charge in [-0.25, -0.2) is 17.6 Å². The fourth-order valence-electron chi connectivity index (χ4n) is 1.65. The van der Waals surface area contributed by atoms with Gasteiger partial charge >= 0.3 is 5.97 Å². The van der Waals surface area contributed by atoms with Crippen LogP contribution in [0.2, 0.25) is 0 Å². The van der Waals surface area contributed by atoms with E-state index in [9.17, 15) is 22.4 Å². The highest BCUT2D eigenvalue weighted by Crippen LogP contribution is 2.40. The third kappa shape index (κ3) is 2.43. The van der Waals surface area contributed by atoms with E-state index in [1.54, 1.807) is 0 Å². The molecule has 0 aliphatic heterocycles. The van der Waals surface area contributed by atoms with Crippen molar-refractivity contribution in [3.8, 4) is 0 Å². The third-order valence-corrected chi connectivity index (χ3v) is 4.31. The average Bonchev–Trinajstić information content (AvgIpc) is 3.12.